The summed E-state index contributed by atoms with van der Waals surface area (Å²) in [6, 6.07) is 3.77. The fourth-order valence-electron chi connectivity index (χ4n) is 1.82. The number of rotatable bonds is 3. The first kappa shape index (κ1) is 12.2. The van der Waals surface area contributed by atoms with Crippen LogP contribution in [0.5, 0.6) is 11.5 Å². The standard InChI is InChI=1S/C13H15ClO3/c1-9(3-4-15)10-7-11(14)13-12(8-10)16-5-2-6-17-13/h4,7-9H,2-3,5-6H2,1H3. The van der Waals surface area contributed by atoms with Crippen LogP contribution in [0.25, 0.3) is 0 Å². The Morgan fingerprint density at radius 1 is 1.41 bits per heavy atom. The van der Waals surface area contributed by atoms with Crippen molar-refractivity contribution in [2.24, 2.45) is 0 Å². The van der Waals surface area contributed by atoms with E-state index in [4.69, 9.17) is 21.1 Å². The lowest BCUT2D eigenvalue weighted by atomic mass is 9.98. The number of hydrogen-bond donors (Lipinski definition) is 0. The Kier molecular flexibility index (Phi) is 3.89. The Morgan fingerprint density at radius 2 is 2.18 bits per heavy atom. The van der Waals surface area contributed by atoms with Crippen LogP contribution in [0, 0.1) is 0 Å². The van der Waals surface area contributed by atoms with Crippen LogP contribution < -0.4 is 9.47 Å². The van der Waals surface area contributed by atoms with Crippen LogP contribution in [0.2, 0.25) is 5.02 Å². The number of carbonyl (C=O) groups is 1. The monoisotopic (exact) mass is 254 g/mol. The molecule has 0 bridgehead atoms. The van der Waals surface area contributed by atoms with Gasteiger partial charge in [-0.3, -0.25) is 0 Å². The van der Waals surface area contributed by atoms with Crippen molar-refractivity contribution in [2.75, 3.05) is 13.2 Å². The second kappa shape index (κ2) is 5.41. The number of halogens is 1. The molecule has 1 unspecified atom stereocenters. The second-order valence-electron chi connectivity index (χ2n) is 4.18. The van der Waals surface area contributed by atoms with Crippen molar-refractivity contribution in [3.05, 3.63) is 22.7 Å². The van der Waals surface area contributed by atoms with Crippen LogP contribution >= 0.6 is 11.6 Å². The zero-order valence-corrected chi connectivity index (χ0v) is 10.5. The molecule has 0 amide bonds. The highest BCUT2D eigenvalue weighted by Crippen LogP contribution is 2.39. The van der Waals surface area contributed by atoms with Gasteiger partial charge in [-0.2, -0.15) is 0 Å². The van der Waals surface area contributed by atoms with Gasteiger partial charge in [-0.25, -0.2) is 0 Å². The molecule has 0 fully saturated rings. The number of fused-ring (bicyclic) bond motifs is 1. The number of carbonyl (C=O) groups excluding carboxylic acids is 1. The SMILES string of the molecule is CC(CC=O)c1cc(Cl)c2c(c1)OCCCO2. The van der Waals surface area contributed by atoms with Gasteiger partial charge in [0, 0.05) is 12.8 Å². The van der Waals surface area contributed by atoms with Gasteiger partial charge in [0.05, 0.1) is 18.2 Å². The third-order valence-corrected chi connectivity index (χ3v) is 3.12. The predicted molar refractivity (Wildman–Crippen MR) is 66.2 cm³/mol. The molecule has 1 aromatic rings. The molecule has 0 N–H and O–H groups in total. The Hall–Kier alpha value is -1.22. The van der Waals surface area contributed by atoms with E-state index < -0.39 is 0 Å². The van der Waals surface area contributed by atoms with Crippen LogP contribution in [-0.4, -0.2) is 19.5 Å². The van der Waals surface area contributed by atoms with Crippen LogP contribution in [-0.2, 0) is 4.79 Å². The van der Waals surface area contributed by atoms with Crippen molar-refractivity contribution in [3.63, 3.8) is 0 Å². The van der Waals surface area contributed by atoms with E-state index in [-0.39, 0.29) is 5.92 Å². The van der Waals surface area contributed by atoms with E-state index in [1.54, 1.807) is 0 Å². The van der Waals surface area contributed by atoms with Gasteiger partial charge < -0.3 is 14.3 Å². The fourth-order valence-corrected chi connectivity index (χ4v) is 2.09. The molecular formula is C13H15ClO3. The molecule has 1 heterocycles. The Morgan fingerprint density at radius 3 is 2.94 bits per heavy atom. The summed E-state index contributed by atoms with van der Waals surface area (Å²) in [6.07, 6.45) is 2.25. The highest BCUT2D eigenvalue weighted by atomic mass is 35.5. The molecule has 1 atom stereocenters. The molecule has 0 aliphatic carbocycles. The molecule has 2 rings (SSSR count). The van der Waals surface area contributed by atoms with Gasteiger partial charge in [0.1, 0.15) is 6.29 Å². The van der Waals surface area contributed by atoms with Crippen molar-refractivity contribution < 1.29 is 14.3 Å². The van der Waals surface area contributed by atoms with Gasteiger partial charge in [0.2, 0.25) is 0 Å². The molecule has 4 heteroatoms. The summed E-state index contributed by atoms with van der Waals surface area (Å²) in [5.41, 5.74) is 1.01. The van der Waals surface area contributed by atoms with E-state index in [9.17, 15) is 4.79 Å². The molecule has 1 aromatic carbocycles. The molecule has 0 saturated heterocycles. The minimum absolute atomic E-state index is 0.141. The minimum atomic E-state index is 0.141. The Bertz CT molecular complexity index is 417. The zero-order valence-electron chi connectivity index (χ0n) is 9.74. The van der Waals surface area contributed by atoms with Gasteiger partial charge in [-0.15, -0.1) is 0 Å². The number of aldehydes is 1. The van der Waals surface area contributed by atoms with Crippen molar-refractivity contribution in [1.82, 2.24) is 0 Å². The quantitative estimate of drug-likeness (QED) is 0.777. The van der Waals surface area contributed by atoms with E-state index in [2.05, 4.69) is 0 Å². The first-order valence-electron chi connectivity index (χ1n) is 5.75. The molecule has 0 aromatic heterocycles. The summed E-state index contributed by atoms with van der Waals surface area (Å²) in [5, 5.41) is 0.553. The van der Waals surface area contributed by atoms with Crippen LogP contribution in [0.15, 0.2) is 12.1 Å². The van der Waals surface area contributed by atoms with E-state index in [1.165, 1.54) is 0 Å². The Balaban J connectivity index is 2.34. The van der Waals surface area contributed by atoms with Gasteiger partial charge >= 0.3 is 0 Å². The van der Waals surface area contributed by atoms with Crippen molar-refractivity contribution in [3.8, 4) is 11.5 Å². The number of ether oxygens (including phenoxy) is 2. The lowest BCUT2D eigenvalue weighted by molar-refractivity contribution is -0.108. The topological polar surface area (TPSA) is 35.5 Å². The summed E-state index contributed by atoms with van der Waals surface area (Å²) in [6.45, 7) is 3.24. The van der Waals surface area contributed by atoms with E-state index in [1.807, 2.05) is 19.1 Å². The fraction of sp³-hybridized carbons (Fsp3) is 0.462. The van der Waals surface area contributed by atoms with Crippen LogP contribution in [0.4, 0.5) is 0 Å². The minimum Gasteiger partial charge on any atom is -0.489 e. The maximum atomic E-state index is 10.5. The molecule has 0 spiro atoms. The summed E-state index contributed by atoms with van der Waals surface area (Å²) in [5.74, 6) is 1.44. The van der Waals surface area contributed by atoms with Crippen molar-refractivity contribution >= 4 is 17.9 Å². The number of benzene rings is 1. The van der Waals surface area contributed by atoms with Gasteiger partial charge in [-0.1, -0.05) is 18.5 Å². The summed E-state index contributed by atoms with van der Waals surface area (Å²) in [4.78, 5) is 10.5. The molecule has 0 radical (unpaired) electrons. The normalized spacial score (nSPS) is 16.1. The third kappa shape index (κ3) is 2.72. The summed E-state index contributed by atoms with van der Waals surface area (Å²) in [7, 11) is 0. The third-order valence-electron chi connectivity index (χ3n) is 2.84. The van der Waals surface area contributed by atoms with Crippen LogP contribution in [0.3, 0.4) is 0 Å². The van der Waals surface area contributed by atoms with Crippen molar-refractivity contribution in [1.29, 1.82) is 0 Å². The van der Waals surface area contributed by atoms with Gasteiger partial charge in [0.25, 0.3) is 0 Å². The second-order valence-corrected chi connectivity index (χ2v) is 4.59. The molecule has 17 heavy (non-hydrogen) atoms. The lowest BCUT2D eigenvalue weighted by Gasteiger charge is -2.14. The molecular weight excluding hydrogens is 240 g/mol. The van der Waals surface area contributed by atoms with E-state index in [0.717, 1.165) is 18.3 Å². The molecule has 92 valence electrons. The zero-order chi connectivity index (χ0) is 12.3. The first-order chi connectivity index (χ1) is 8.22. The lowest BCUT2D eigenvalue weighted by Crippen LogP contribution is -1.98. The summed E-state index contributed by atoms with van der Waals surface area (Å²) < 4.78 is 11.1. The number of hydrogen-bond acceptors (Lipinski definition) is 3. The molecule has 3 nitrogen and oxygen atoms in total. The maximum Gasteiger partial charge on any atom is 0.179 e. The molecule has 1 aliphatic heterocycles. The van der Waals surface area contributed by atoms with Gasteiger partial charge in [-0.05, 0) is 23.6 Å². The van der Waals surface area contributed by atoms with E-state index >= 15 is 0 Å². The maximum absolute atomic E-state index is 10.5. The predicted octanol–water partition coefficient (Wildman–Crippen LogP) is 3.19. The molecule has 0 saturated carbocycles. The van der Waals surface area contributed by atoms with Crippen LogP contribution in [0.1, 0.15) is 31.2 Å². The average molecular weight is 255 g/mol. The van der Waals surface area contributed by atoms with Gasteiger partial charge in [0.15, 0.2) is 11.5 Å². The molecule has 1 aliphatic rings. The smallest absolute Gasteiger partial charge is 0.179 e. The highest BCUT2D eigenvalue weighted by molar-refractivity contribution is 6.32. The first-order valence-corrected chi connectivity index (χ1v) is 6.13. The Labute approximate surface area is 106 Å². The largest absolute Gasteiger partial charge is 0.489 e. The highest BCUT2D eigenvalue weighted by Gasteiger charge is 2.17. The summed E-state index contributed by atoms with van der Waals surface area (Å²) >= 11 is 6.17. The average Bonchev–Trinajstić information content (AvgIpc) is 2.54. The van der Waals surface area contributed by atoms with Crippen molar-refractivity contribution in [2.45, 2.75) is 25.7 Å². The van der Waals surface area contributed by atoms with E-state index in [0.29, 0.717) is 36.2 Å².